The van der Waals surface area contributed by atoms with Crippen LogP contribution < -0.4 is 0 Å². The minimum Gasteiger partial charge on any atom is -0.467 e. The van der Waals surface area contributed by atoms with Gasteiger partial charge in [-0.1, -0.05) is 121 Å². The Morgan fingerprint density at radius 3 is 1.32 bits per heavy atom. The van der Waals surface area contributed by atoms with E-state index in [0.29, 0.717) is 0 Å². The smallest absolute Gasteiger partial charge is 0.344 e. The van der Waals surface area contributed by atoms with Gasteiger partial charge in [-0.2, -0.15) is 0 Å². The number of alkyl halides is 2. The minimum absolute atomic E-state index is 0.0718. The molecule has 0 unspecified atom stereocenters. The average Bonchev–Trinajstić information content (AvgIpc) is 3.74. The minimum atomic E-state index is -2.38. The number of hydrogen-bond donors (Lipinski definition) is 1. The molecule has 2 aliphatic heterocycles. The van der Waals surface area contributed by atoms with Gasteiger partial charge in [0.2, 0.25) is 11.3 Å². The molecule has 1 N–H and O–H groups in total. The molecule has 6 aliphatic rings. The van der Waals surface area contributed by atoms with Gasteiger partial charge in [0.1, 0.15) is 30.2 Å². The maximum absolute atomic E-state index is 15.4. The van der Waals surface area contributed by atoms with E-state index >= 15 is 8.78 Å². The second-order valence-electron chi connectivity index (χ2n) is 15.3. The Labute approximate surface area is 321 Å². The molecule has 4 aromatic carbocycles. The predicted octanol–water partition coefficient (Wildman–Crippen LogP) is 6.42. The van der Waals surface area contributed by atoms with Gasteiger partial charge >= 0.3 is 11.9 Å². The molecule has 10 rings (SSSR count). The number of carbonyl (C=O) groups excluding carboxylic acids is 3. The topological polar surface area (TPSA) is 127 Å². The van der Waals surface area contributed by atoms with E-state index in [-0.39, 0.29) is 18.6 Å². The van der Waals surface area contributed by atoms with Gasteiger partial charge in [0.25, 0.3) is 0 Å². The van der Waals surface area contributed by atoms with Crippen molar-refractivity contribution >= 4 is 17.7 Å². The van der Waals surface area contributed by atoms with E-state index in [4.69, 9.17) is 18.9 Å². The van der Waals surface area contributed by atoms with Crippen molar-refractivity contribution in [2.24, 2.45) is 23.7 Å². The summed E-state index contributed by atoms with van der Waals surface area (Å²) >= 11 is 0. The first-order valence-corrected chi connectivity index (χ1v) is 18.7. The summed E-state index contributed by atoms with van der Waals surface area (Å²) < 4.78 is 65.3. The number of ether oxygens (including phenoxy) is 6. The van der Waals surface area contributed by atoms with E-state index in [1.165, 1.54) is 0 Å². The molecule has 2 saturated heterocycles. The molecule has 4 aliphatic carbocycles. The Morgan fingerprint density at radius 1 is 0.589 bits per heavy atom. The number of benzene rings is 4. The number of esters is 2. The van der Waals surface area contributed by atoms with Gasteiger partial charge in [-0.15, -0.1) is 0 Å². The fraction of sp³-hybridized carbons (Fsp3) is 0.386. The van der Waals surface area contributed by atoms with Crippen LogP contribution in [0.1, 0.15) is 59.5 Å². The van der Waals surface area contributed by atoms with Crippen LogP contribution in [-0.4, -0.2) is 66.1 Å². The zero-order chi connectivity index (χ0) is 39.0. The third-order valence-corrected chi connectivity index (χ3v) is 12.3. The first kappa shape index (κ1) is 36.8. The van der Waals surface area contributed by atoms with E-state index in [9.17, 15) is 19.5 Å². The van der Waals surface area contributed by atoms with Gasteiger partial charge in [-0.05, 0) is 22.3 Å². The lowest BCUT2D eigenvalue weighted by Crippen LogP contribution is -2.41. The van der Waals surface area contributed by atoms with Crippen LogP contribution in [0.2, 0.25) is 0 Å². The molecule has 0 aromatic heterocycles. The first-order valence-electron chi connectivity index (χ1n) is 18.7. The van der Waals surface area contributed by atoms with Crippen molar-refractivity contribution in [3.8, 4) is 0 Å². The van der Waals surface area contributed by atoms with Crippen LogP contribution in [-0.2, 0) is 42.8 Å². The third kappa shape index (κ3) is 5.41. The standard InChI is InChI=1S/C22H21FO5.C22H19FO5/c2*1-26-20(25)22(23)16-15(24)12-21(19(16)22)27-17(13-8-4-2-5-9-13)18(28-21)14-10-6-3-7-11-14/h2-11,15-19,24H,12H2,1H3;2-11,16-19H,12H2,1H3/t15-,16+,17+,18+,19+,22+;16-,17-,18-,19-,22-/m10/s1. The summed E-state index contributed by atoms with van der Waals surface area (Å²) in [5, 5.41) is 10.5. The zero-order valence-corrected chi connectivity index (χ0v) is 30.5. The van der Waals surface area contributed by atoms with Crippen molar-refractivity contribution in [2.45, 2.75) is 66.3 Å². The molecule has 2 heterocycles. The Kier molecular flexibility index (Phi) is 8.79. The lowest BCUT2D eigenvalue weighted by Gasteiger charge is -2.28. The number of Topliss-reactive ketones (excluding diaryl/α,β-unsaturated/α-hetero) is 1. The van der Waals surface area contributed by atoms with Gasteiger partial charge in [0.15, 0.2) is 11.6 Å². The van der Waals surface area contributed by atoms with Gasteiger partial charge < -0.3 is 33.5 Å². The molecule has 2 spiro atoms. The first-order chi connectivity index (χ1) is 27.0. The van der Waals surface area contributed by atoms with Crippen LogP contribution in [0.5, 0.6) is 0 Å². The quantitative estimate of drug-likeness (QED) is 0.220. The molecule has 4 saturated carbocycles. The van der Waals surface area contributed by atoms with Crippen molar-refractivity contribution < 1.29 is 56.7 Å². The zero-order valence-electron chi connectivity index (χ0n) is 30.5. The van der Waals surface area contributed by atoms with Crippen LogP contribution in [0.15, 0.2) is 121 Å². The number of fused-ring (bicyclic) bond motifs is 4. The van der Waals surface area contributed by atoms with Crippen molar-refractivity contribution in [3.63, 3.8) is 0 Å². The highest BCUT2D eigenvalue weighted by molar-refractivity contribution is 6.01. The number of halogens is 2. The van der Waals surface area contributed by atoms with E-state index in [1.54, 1.807) is 0 Å². The Hall–Kier alpha value is -4.85. The molecule has 6 fully saturated rings. The second-order valence-corrected chi connectivity index (χ2v) is 15.3. The Bertz CT molecular complexity index is 2030. The van der Waals surface area contributed by atoms with Crippen molar-refractivity contribution in [3.05, 3.63) is 144 Å². The van der Waals surface area contributed by atoms with E-state index in [2.05, 4.69) is 9.47 Å². The average molecular weight is 767 g/mol. The highest BCUT2D eigenvalue weighted by atomic mass is 19.2. The maximum atomic E-state index is 15.4. The lowest BCUT2D eigenvalue weighted by molar-refractivity contribution is -0.207. The molecule has 0 bridgehead atoms. The fourth-order valence-corrected chi connectivity index (χ4v) is 9.85. The molecule has 0 radical (unpaired) electrons. The number of aliphatic hydroxyl groups is 1. The van der Waals surface area contributed by atoms with Gasteiger partial charge in [-0.3, -0.25) is 4.79 Å². The number of rotatable bonds is 6. The predicted molar refractivity (Wildman–Crippen MR) is 192 cm³/mol. The maximum Gasteiger partial charge on any atom is 0.344 e. The summed E-state index contributed by atoms with van der Waals surface area (Å²) in [5.41, 5.74) is -1.13. The van der Waals surface area contributed by atoms with Crippen LogP contribution in [0.3, 0.4) is 0 Å². The second kappa shape index (κ2) is 13.4. The highest BCUT2D eigenvalue weighted by Gasteiger charge is 2.88. The van der Waals surface area contributed by atoms with Crippen LogP contribution in [0.4, 0.5) is 8.78 Å². The van der Waals surface area contributed by atoms with Crippen molar-refractivity contribution in [1.82, 2.24) is 0 Å². The molecule has 0 amide bonds. The normalized spacial score (nSPS) is 36.3. The highest BCUT2D eigenvalue weighted by Crippen LogP contribution is 2.73. The summed E-state index contributed by atoms with van der Waals surface area (Å²) in [4.78, 5) is 36.6. The number of ketones is 1. The van der Waals surface area contributed by atoms with Crippen molar-refractivity contribution in [1.29, 1.82) is 0 Å². The third-order valence-electron chi connectivity index (χ3n) is 12.3. The number of carbonyl (C=O) groups is 3. The van der Waals surface area contributed by atoms with E-state index in [1.807, 2.05) is 121 Å². The van der Waals surface area contributed by atoms with Gasteiger partial charge in [0.05, 0.1) is 44.5 Å². The van der Waals surface area contributed by atoms with E-state index in [0.717, 1.165) is 36.5 Å². The number of hydrogen-bond acceptors (Lipinski definition) is 10. The van der Waals surface area contributed by atoms with Gasteiger partial charge in [-0.25, -0.2) is 18.4 Å². The SMILES string of the molecule is COC(=O)[C@]1(F)[C@H]2C(=O)CC3(O[C@@H](c4ccccc4)[C@H](c4ccccc4)O3)[C@H]21.COC(=O)[C@]1(F)[C@H]2[C@H](O)CC3(O[C@@H](c4ccccc4)[C@H](c4ccccc4)O3)[C@H]21. The van der Waals surface area contributed by atoms with Gasteiger partial charge in [0, 0.05) is 12.3 Å². The summed E-state index contributed by atoms with van der Waals surface area (Å²) in [6.07, 6.45) is -2.96. The molecule has 56 heavy (non-hydrogen) atoms. The molecule has 10 nitrogen and oxygen atoms in total. The lowest BCUT2D eigenvalue weighted by atomic mass is 9.99. The molecule has 290 valence electrons. The number of aliphatic hydroxyl groups excluding tert-OH is 1. The van der Waals surface area contributed by atoms with Crippen LogP contribution in [0.25, 0.3) is 0 Å². The molecule has 11 atom stereocenters. The van der Waals surface area contributed by atoms with Crippen LogP contribution in [0, 0.1) is 23.7 Å². The molecular formula is C44H40F2O10. The molecule has 4 aromatic rings. The number of methoxy groups -OCH3 is 2. The Balaban J connectivity index is 0.000000146. The largest absolute Gasteiger partial charge is 0.467 e. The van der Waals surface area contributed by atoms with Crippen molar-refractivity contribution in [2.75, 3.05) is 14.2 Å². The monoisotopic (exact) mass is 766 g/mol. The Morgan fingerprint density at radius 2 is 0.946 bits per heavy atom. The van der Waals surface area contributed by atoms with E-state index < -0.39 is 89.0 Å². The molecular weight excluding hydrogens is 726 g/mol. The summed E-state index contributed by atoms with van der Waals surface area (Å²) in [6.45, 7) is 0. The summed E-state index contributed by atoms with van der Waals surface area (Å²) in [6, 6.07) is 38.2. The summed E-state index contributed by atoms with van der Waals surface area (Å²) in [7, 11) is 2.26. The fourth-order valence-electron chi connectivity index (χ4n) is 9.85. The molecule has 12 heteroatoms. The van der Waals surface area contributed by atoms with Crippen LogP contribution >= 0.6 is 0 Å². The summed E-state index contributed by atoms with van der Waals surface area (Å²) in [5.74, 6) is -9.02.